The Kier molecular flexibility index (Phi) is 7.65. The second-order valence-electron chi connectivity index (χ2n) is 9.60. The highest BCUT2D eigenvalue weighted by molar-refractivity contribution is 6.20. The molecule has 0 saturated carbocycles. The van der Waals surface area contributed by atoms with Crippen LogP contribution >= 0.6 is 0 Å². The Hall–Kier alpha value is -3.84. The molecular formula is C31H28F3NO3. The van der Waals surface area contributed by atoms with Crippen molar-refractivity contribution in [2.45, 2.75) is 38.1 Å². The van der Waals surface area contributed by atoms with E-state index in [0.717, 1.165) is 25.5 Å². The summed E-state index contributed by atoms with van der Waals surface area (Å²) in [6.45, 7) is 1.57. The molecule has 1 heterocycles. The third-order valence-electron chi connectivity index (χ3n) is 7.06. The van der Waals surface area contributed by atoms with Gasteiger partial charge >= 0.3 is 0 Å². The van der Waals surface area contributed by atoms with E-state index in [4.69, 9.17) is 4.74 Å². The van der Waals surface area contributed by atoms with Gasteiger partial charge in [0.2, 0.25) is 0 Å². The number of ether oxygens (including phenoxy) is 1. The number of phenolic OH excluding ortho intramolecular Hbond substituents is 1. The molecule has 4 nitrogen and oxygen atoms in total. The first-order valence-electron chi connectivity index (χ1n) is 12.8. The van der Waals surface area contributed by atoms with Crippen molar-refractivity contribution in [2.24, 2.45) is 0 Å². The lowest BCUT2D eigenvalue weighted by Gasteiger charge is -2.16. The number of ketones is 1. The number of nitrogens with one attached hydrogen (secondary N) is 1. The van der Waals surface area contributed by atoms with E-state index < -0.39 is 28.8 Å². The normalized spacial score (nSPS) is 15.8. The fourth-order valence-electron chi connectivity index (χ4n) is 5.06. The summed E-state index contributed by atoms with van der Waals surface area (Å²) >= 11 is 0. The van der Waals surface area contributed by atoms with Gasteiger partial charge in [0.15, 0.2) is 17.4 Å². The van der Waals surface area contributed by atoms with Crippen molar-refractivity contribution in [3.8, 4) is 22.6 Å². The molecule has 0 aromatic heterocycles. The fourth-order valence-corrected chi connectivity index (χ4v) is 5.06. The van der Waals surface area contributed by atoms with Crippen molar-refractivity contribution < 1.29 is 27.8 Å². The number of rotatable bonds is 7. The van der Waals surface area contributed by atoms with Crippen LogP contribution in [-0.4, -0.2) is 30.1 Å². The summed E-state index contributed by atoms with van der Waals surface area (Å²) in [5.41, 5.74) is -0.393. The van der Waals surface area contributed by atoms with E-state index in [2.05, 4.69) is 5.32 Å². The molecule has 0 spiro atoms. The molecule has 0 aliphatic carbocycles. The summed E-state index contributed by atoms with van der Waals surface area (Å²) in [6.07, 6.45) is 5.68. The summed E-state index contributed by atoms with van der Waals surface area (Å²) in [6, 6.07) is 15.8. The first-order chi connectivity index (χ1) is 18.4. The van der Waals surface area contributed by atoms with Gasteiger partial charge in [-0.25, -0.2) is 13.2 Å². The number of fused-ring (bicyclic) bond motifs is 1. The van der Waals surface area contributed by atoms with Gasteiger partial charge in [-0.15, -0.1) is 0 Å². The number of benzene rings is 4. The number of carbonyl (C=O) groups excluding carboxylic acids is 1. The number of carbonyl (C=O) groups is 1. The van der Waals surface area contributed by atoms with Crippen LogP contribution in [-0.2, 0) is 0 Å². The predicted molar refractivity (Wildman–Crippen MR) is 141 cm³/mol. The summed E-state index contributed by atoms with van der Waals surface area (Å²) in [5, 5.41) is 14.3. The number of hydrogen-bond acceptors (Lipinski definition) is 4. The summed E-state index contributed by atoms with van der Waals surface area (Å²) in [7, 11) is 0. The summed E-state index contributed by atoms with van der Waals surface area (Å²) < 4.78 is 49.5. The first kappa shape index (κ1) is 25.8. The largest absolute Gasteiger partial charge is 0.508 e. The molecule has 1 fully saturated rings. The lowest BCUT2D eigenvalue weighted by atomic mass is 9.89. The highest BCUT2D eigenvalue weighted by atomic mass is 19.2. The van der Waals surface area contributed by atoms with Crippen LogP contribution in [0.1, 0.15) is 48.0 Å². The van der Waals surface area contributed by atoms with Crippen molar-refractivity contribution in [1.29, 1.82) is 0 Å². The second-order valence-corrected chi connectivity index (χ2v) is 9.60. The van der Waals surface area contributed by atoms with E-state index in [1.807, 2.05) is 0 Å². The van der Waals surface area contributed by atoms with Crippen LogP contribution in [0.5, 0.6) is 11.5 Å². The molecule has 38 heavy (non-hydrogen) atoms. The molecule has 1 saturated heterocycles. The zero-order chi connectivity index (χ0) is 26.6. The standard InChI is InChI=1S/C31H28F3NO3/c32-26-13-14-27(33)30(34)29(26)25-11-7-20-18-22(36)8-12-24(20)28(25)31(37)19-5-9-23(10-6-19)38-17-15-21-4-2-1-3-16-35-21/h5-14,18,21,35-36H,1-4,15-17H2. The van der Waals surface area contributed by atoms with Crippen LogP contribution in [0.2, 0.25) is 0 Å². The van der Waals surface area contributed by atoms with E-state index in [9.17, 15) is 23.1 Å². The molecule has 5 rings (SSSR count). The minimum absolute atomic E-state index is 0.0130. The van der Waals surface area contributed by atoms with E-state index in [1.54, 1.807) is 24.3 Å². The minimum atomic E-state index is -1.37. The Balaban J connectivity index is 1.45. The maximum absolute atomic E-state index is 14.8. The fraction of sp³-hybridized carbons (Fsp3) is 0.258. The molecule has 4 aromatic rings. The zero-order valence-electron chi connectivity index (χ0n) is 20.8. The van der Waals surface area contributed by atoms with Crippen LogP contribution in [0.4, 0.5) is 13.2 Å². The van der Waals surface area contributed by atoms with Gasteiger partial charge < -0.3 is 15.2 Å². The molecule has 0 radical (unpaired) electrons. The van der Waals surface area contributed by atoms with E-state index >= 15 is 0 Å². The van der Waals surface area contributed by atoms with Crippen molar-refractivity contribution >= 4 is 16.6 Å². The summed E-state index contributed by atoms with van der Waals surface area (Å²) in [4.78, 5) is 13.8. The van der Waals surface area contributed by atoms with Crippen molar-refractivity contribution in [3.63, 3.8) is 0 Å². The third kappa shape index (κ3) is 5.38. The maximum atomic E-state index is 14.8. The van der Waals surface area contributed by atoms with E-state index in [1.165, 1.54) is 49.6 Å². The smallest absolute Gasteiger partial charge is 0.194 e. The van der Waals surface area contributed by atoms with Gasteiger partial charge in [0.25, 0.3) is 0 Å². The monoisotopic (exact) mass is 519 g/mol. The number of phenols is 1. The second kappa shape index (κ2) is 11.3. The number of aromatic hydroxyl groups is 1. The Morgan fingerprint density at radius 3 is 2.53 bits per heavy atom. The van der Waals surface area contributed by atoms with Crippen LogP contribution in [0, 0.1) is 17.5 Å². The SMILES string of the molecule is O=C(c1ccc(OCCC2CCCCCN2)cc1)c1c(-c2c(F)ccc(F)c2F)ccc2cc(O)ccc12. The molecule has 196 valence electrons. The number of halogens is 3. The maximum Gasteiger partial charge on any atom is 0.194 e. The molecular weight excluding hydrogens is 491 g/mol. The Morgan fingerprint density at radius 2 is 1.71 bits per heavy atom. The van der Waals surface area contributed by atoms with Crippen LogP contribution in [0.3, 0.4) is 0 Å². The molecule has 0 amide bonds. The van der Waals surface area contributed by atoms with Gasteiger partial charge in [-0.05, 0) is 96.7 Å². The zero-order valence-corrected chi connectivity index (χ0v) is 20.8. The molecule has 1 unspecified atom stereocenters. The van der Waals surface area contributed by atoms with Gasteiger partial charge in [0, 0.05) is 17.2 Å². The van der Waals surface area contributed by atoms with Crippen LogP contribution < -0.4 is 10.1 Å². The Bertz CT molecular complexity index is 1460. The quantitative estimate of drug-likeness (QED) is 0.201. The molecule has 7 heteroatoms. The Labute approximate surface area is 219 Å². The topological polar surface area (TPSA) is 58.6 Å². The molecule has 1 atom stereocenters. The van der Waals surface area contributed by atoms with Crippen molar-refractivity contribution in [3.05, 3.63) is 95.3 Å². The summed E-state index contributed by atoms with van der Waals surface area (Å²) in [5.74, 6) is -3.47. The highest BCUT2D eigenvalue weighted by Crippen LogP contribution is 2.37. The van der Waals surface area contributed by atoms with Crippen molar-refractivity contribution in [2.75, 3.05) is 13.2 Å². The number of hydrogen-bond donors (Lipinski definition) is 2. The molecule has 4 aromatic carbocycles. The predicted octanol–water partition coefficient (Wildman–Crippen LogP) is 7.16. The average Bonchev–Trinajstić information content (AvgIpc) is 3.20. The van der Waals surface area contributed by atoms with Gasteiger partial charge in [-0.2, -0.15) is 0 Å². The van der Waals surface area contributed by atoms with Gasteiger partial charge in [0.1, 0.15) is 17.3 Å². The molecule has 2 N–H and O–H groups in total. The van der Waals surface area contributed by atoms with E-state index in [-0.39, 0.29) is 22.4 Å². The van der Waals surface area contributed by atoms with Crippen LogP contribution in [0.15, 0.2) is 66.7 Å². The van der Waals surface area contributed by atoms with Gasteiger partial charge in [-0.1, -0.05) is 25.0 Å². The highest BCUT2D eigenvalue weighted by Gasteiger charge is 2.24. The lowest BCUT2D eigenvalue weighted by molar-refractivity contribution is 0.104. The van der Waals surface area contributed by atoms with Crippen molar-refractivity contribution in [1.82, 2.24) is 5.32 Å². The van der Waals surface area contributed by atoms with Gasteiger partial charge in [0.05, 0.1) is 12.2 Å². The molecule has 1 aliphatic heterocycles. The Morgan fingerprint density at radius 1 is 0.921 bits per heavy atom. The lowest BCUT2D eigenvalue weighted by Crippen LogP contribution is -2.29. The molecule has 1 aliphatic rings. The van der Waals surface area contributed by atoms with Crippen LogP contribution in [0.25, 0.3) is 21.9 Å². The third-order valence-corrected chi connectivity index (χ3v) is 7.06. The average molecular weight is 520 g/mol. The minimum Gasteiger partial charge on any atom is -0.508 e. The first-order valence-corrected chi connectivity index (χ1v) is 12.8. The molecule has 0 bridgehead atoms. The van der Waals surface area contributed by atoms with Gasteiger partial charge in [-0.3, -0.25) is 4.79 Å². The van der Waals surface area contributed by atoms with E-state index in [0.29, 0.717) is 35.2 Å².